The van der Waals surface area contributed by atoms with Crippen LogP contribution in [0, 0.1) is 5.92 Å². The molecule has 9 heavy (non-hydrogen) atoms. The molecule has 56 valence electrons. The van der Waals surface area contributed by atoms with E-state index in [-0.39, 0.29) is 12.5 Å². The summed E-state index contributed by atoms with van der Waals surface area (Å²) >= 11 is 0. The number of aliphatic hydroxyl groups excluding tert-OH is 1. The number of alkyl halides is 1. The maximum atomic E-state index is 11.8. The lowest BCUT2D eigenvalue weighted by molar-refractivity contribution is 0.0786. The van der Waals surface area contributed by atoms with E-state index in [2.05, 4.69) is 4.52 Å². The molecule has 3 atom stereocenters. The van der Waals surface area contributed by atoms with Crippen molar-refractivity contribution in [3.05, 3.63) is 0 Å². The zero-order valence-corrected chi connectivity index (χ0v) is 6.53. The molecule has 0 aromatic carbocycles. The molecule has 0 aromatic rings. The fourth-order valence-electron chi connectivity index (χ4n) is 0.436. The number of halogens is 1. The number of aliphatic hydroxyl groups is 1. The highest BCUT2D eigenvalue weighted by molar-refractivity contribution is 7.09. The van der Waals surface area contributed by atoms with Gasteiger partial charge in [0.2, 0.25) is 0 Å². The van der Waals surface area contributed by atoms with Crippen molar-refractivity contribution in [1.29, 1.82) is 0 Å². The van der Waals surface area contributed by atoms with Crippen LogP contribution in [0.15, 0.2) is 0 Å². The summed E-state index contributed by atoms with van der Waals surface area (Å²) in [7, 11) is 2.02. The van der Waals surface area contributed by atoms with Crippen molar-refractivity contribution >= 4 is 9.47 Å². The Kier molecular flexibility index (Phi) is 5.25. The maximum absolute atomic E-state index is 11.8. The van der Waals surface area contributed by atoms with Crippen molar-refractivity contribution in [2.24, 2.45) is 5.92 Å². The van der Waals surface area contributed by atoms with E-state index in [1.54, 1.807) is 6.92 Å². The highest BCUT2D eigenvalue weighted by Crippen LogP contribution is 2.06. The summed E-state index contributed by atoms with van der Waals surface area (Å²) in [6.45, 7) is 1.26. The second kappa shape index (κ2) is 5.10. The molecule has 0 aliphatic carbocycles. The molecule has 0 rings (SSSR count). The zero-order chi connectivity index (χ0) is 7.28. The average Bonchev–Trinajstić information content (AvgIpc) is 1.82. The Labute approximate surface area is 56.7 Å². The highest BCUT2D eigenvalue weighted by Gasteiger charge is 2.13. The van der Waals surface area contributed by atoms with Crippen LogP contribution in [0.1, 0.15) is 6.92 Å². The Morgan fingerprint density at radius 3 is 2.44 bits per heavy atom. The fourth-order valence-corrected chi connectivity index (χ4v) is 0.684. The SMILES string of the molecule is CC(O)[C@@H](CF)COP. The average molecular weight is 154 g/mol. The van der Waals surface area contributed by atoms with Crippen LogP contribution in [0.4, 0.5) is 4.39 Å². The van der Waals surface area contributed by atoms with Crippen LogP contribution >= 0.6 is 9.47 Å². The topological polar surface area (TPSA) is 29.5 Å². The molecular weight excluding hydrogens is 142 g/mol. The van der Waals surface area contributed by atoms with Crippen molar-refractivity contribution in [3.63, 3.8) is 0 Å². The molecule has 4 heteroatoms. The van der Waals surface area contributed by atoms with Gasteiger partial charge in [0.1, 0.15) is 0 Å². The van der Waals surface area contributed by atoms with Crippen LogP contribution in [-0.2, 0) is 4.52 Å². The quantitative estimate of drug-likeness (QED) is 0.606. The van der Waals surface area contributed by atoms with Crippen molar-refractivity contribution in [2.75, 3.05) is 13.3 Å². The summed E-state index contributed by atoms with van der Waals surface area (Å²) in [6.07, 6.45) is -0.629. The molecule has 0 aliphatic heterocycles. The Morgan fingerprint density at radius 1 is 1.78 bits per heavy atom. The molecule has 0 heterocycles. The minimum Gasteiger partial charge on any atom is -0.393 e. The first kappa shape index (κ1) is 9.28. The van der Waals surface area contributed by atoms with Crippen molar-refractivity contribution < 1.29 is 14.0 Å². The highest BCUT2D eigenvalue weighted by atomic mass is 31.0. The van der Waals surface area contributed by atoms with Gasteiger partial charge in [-0.05, 0) is 6.92 Å². The molecule has 2 unspecified atom stereocenters. The molecule has 0 radical (unpaired) electrons. The third kappa shape index (κ3) is 3.79. The Balaban J connectivity index is 3.41. The molecule has 2 nitrogen and oxygen atoms in total. The van der Waals surface area contributed by atoms with Crippen molar-refractivity contribution in [3.8, 4) is 0 Å². The lowest BCUT2D eigenvalue weighted by Gasteiger charge is -2.13. The molecule has 0 spiro atoms. The molecule has 0 amide bonds. The summed E-state index contributed by atoms with van der Waals surface area (Å²) in [5, 5.41) is 8.81. The second-order valence-electron chi connectivity index (χ2n) is 1.99. The van der Waals surface area contributed by atoms with Crippen LogP contribution in [0.5, 0.6) is 0 Å². The van der Waals surface area contributed by atoms with Gasteiger partial charge in [-0.1, -0.05) is 0 Å². The molecule has 0 saturated heterocycles. The minimum absolute atomic E-state index is 0.249. The van der Waals surface area contributed by atoms with E-state index >= 15 is 0 Å². The first-order chi connectivity index (χ1) is 4.22. The molecular formula is C5H12FO2P. The predicted octanol–water partition coefficient (Wildman–Crippen LogP) is 0.760. The first-order valence-corrected chi connectivity index (χ1v) is 3.25. The van der Waals surface area contributed by atoms with E-state index < -0.39 is 12.8 Å². The van der Waals surface area contributed by atoms with Gasteiger partial charge in [0.25, 0.3) is 0 Å². The summed E-state index contributed by atoms with van der Waals surface area (Å²) in [4.78, 5) is 0. The third-order valence-corrected chi connectivity index (χ3v) is 1.38. The Hall–Kier alpha value is 0.280. The van der Waals surface area contributed by atoms with Gasteiger partial charge in [0.15, 0.2) is 0 Å². The van der Waals surface area contributed by atoms with Crippen LogP contribution in [0.25, 0.3) is 0 Å². The molecule has 0 aliphatic rings. The summed E-state index contributed by atoms with van der Waals surface area (Å²) in [6, 6.07) is 0. The standard InChI is InChI=1S/C5H12FO2P/c1-4(7)5(2-6)3-8-9/h4-5,7H,2-3,9H2,1H3/t4?,5-/m0/s1. The minimum atomic E-state index is -0.629. The fraction of sp³-hybridized carbons (Fsp3) is 1.00. The third-order valence-electron chi connectivity index (χ3n) is 1.19. The van der Waals surface area contributed by atoms with E-state index in [9.17, 15) is 4.39 Å². The summed E-state index contributed by atoms with van der Waals surface area (Å²) in [5.74, 6) is -0.387. The smallest absolute Gasteiger partial charge is 0.0969 e. The Bertz CT molecular complexity index is 70.0. The lowest BCUT2D eigenvalue weighted by atomic mass is 10.1. The van der Waals surface area contributed by atoms with E-state index in [0.717, 1.165) is 0 Å². The van der Waals surface area contributed by atoms with Crippen LogP contribution < -0.4 is 0 Å². The van der Waals surface area contributed by atoms with E-state index in [4.69, 9.17) is 5.11 Å². The molecule has 0 aromatic heterocycles. The molecule has 0 bridgehead atoms. The monoisotopic (exact) mass is 154 g/mol. The second-order valence-corrected chi connectivity index (χ2v) is 2.32. The van der Waals surface area contributed by atoms with Crippen molar-refractivity contribution in [1.82, 2.24) is 0 Å². The first-order valence-electron chi connectivity index (χ1n) is 2.78. The number of rotatable bonds is 4. The van der Waals surface area contributed by atoms with Gasteiger partial charge in [-0.15, -0.1) is 0 Å². The van der Waals surface area contributed by atoms with Crippen LogP contribution in [-0.4, -0.2) is 24.5 Å². The Morgan fingerprint density at radius 2 is 2.33 bits per heavy atom. The van der Waals surface area contributed by atoms with E-state index in [1.165, 1.54) is 0 Å². The van der Waals surface area contributed by atoms with Crippen LogP contribution in [0.2, 0.25) is 0 Å². The molecule has 0 fully saturated rings. The van der Waals surface area contributed by atoms with Gasteiger partial charge in [0, 0.05) is 15.4 Å². The van der Waals surface area contributed by atoms with Gasteiger partial charge < -0.3 is 9.63 Å². The van der Waals surface area contributed by atoms with Gasteiger partial charge in [-0.25, -0.2) is 0 Å². The summed E-state index contributed by atoms with van der Waals surface area (Å²) in [5.41, 5.74) is 0. The normalized spacial score (nSPS) is 17.3. The van der Waals surface area contributed by atoms with E-state index in [0.29, 0.717) is 0 Å². The predicted molar refractivity (Wildman–Crippen MR) is 36.8 cm³/mol. The zero-order valence-electron chi connectivity index (χ0n) is 5.38. The number of hydrogen-bond acceptors (Lipinski definition) is 2. The maximum Gasteiger partial charge on any atom is 0.0969 e. The van der Waals surface area contributed by atoms with Crippen LogP contribution in [0.3, 0.4) is 0 Å². The molecule has 0 saturated carbocycles. The largest absolute Gasteiger partial charge is 0.393 e. The molecule has 1 N–H and O–H groups in total. The van der Waals surface area contributed by atoms with Crippen molar-refractivity contribution in [2.45, 2.75) is 13.0 Å². The van der Waals surface area contributed by atoms with Gasteiger partial charge in [-0.2, -0.15) is 0 Å². The van der Waals surface area contributed by atoms with E-state index in [1.807, 2.05) is 9.47 Å². The lowest BCUT2D eigenvalue weighted by Crippen LogP contribution is -2.22. The number of hydrogen-bond donors (Lipinski definition) is 1. The summed E-state index contributed by atoms with van der Waals surface area (Å²) < 4.78 is 16.4. The van der Waals surface area contributed by atoms with Gasteiger partial charge in [-0.3, -0.25) is 4.39 Å². The van der Waals surface area contributed by atoms with Gasteiger partial charge >= 0.3 is 0 Å². The van der Waals surface area contributed by atoms with Gasteiger partial charge in [0.05, 0.1) is 19.4 Å².